The molecule has 1 aliphatic carbocycles. The summed E-state index contributed by atoms with van der Waals surface area (Å²) in [5.41, 5.74) is 1.94. The molecule has 1 aromatic rings. The lowest BCUT2D eigenvalue weighted by Crippen LogP contribution is -2.23. The van der Waals surface area contributed by atoms with Gasteiger partial charge in [0.25, 0.3) is 0 Å². The summed E-state index contributed by atoms with van der Waals surface area (Å²) in [5, 5.41) is 25.9. The van der Waals surface area contributed by atoms with Crippen LogP contribution in [-0.4, -0.2) is 39.0 Å². The van der Waals surface area contributed by atoms with E-state index >= 15 is 0 Å². The van der Waals surface area contributed by atoms with Crippen molar-refractivity contribution in [3.8, 4) is 0 Å². The van der Waals surface area contributed by atoms with Gasteiger partial charge in [0.05, 0.1) is 0 Å². The Bertz CT molecular complexity index is 721. The summed E-state index contributed by atoms with van der Waals surface area (Å²) in [7, 11) is 0. The zero-order valence-corrected chi connectivity index (χ0v) is 13.7. The van der Waals surface area contributed by atoms with E-state index in [0.29, 0.717) is 5.56 Å². The molecule has 1 aromatic carbocycles. The molecule has 24 heavy (non-hydrogen) atoms. The van der Waals surface area contributed by atoms with Gasteiger partial charge >= 0.3 is 5.97 Å². The van der Waals surface area contributed by atoms with Gasteiger partial charge in [-0.1, -0.05) is 35.9 Å². The molecule has 0 saturated heterocycles. The normalized spacial score (nSPS) is 14.3. The van der Waals surface area contributed by atoms with E-state index in [1.54, 1.807) is 24.3 Å². The van der Waals surface area contributed by atoms with Crippen molar-refractivity contribution in [3.05, 3.63) is 52.6 Å². The summed E-state index contributed by atoms with van der Waals surface area (Å²) < 4.78 is 0. The molecular formula is C18H20O6. The van der Waals surface area contributed by atoms with E-state index in [1.165, 1.54) is 6.92 Å². The van der Waals surface area contributed by atoms with Gasteiger partial charge in [-0.05, 0) is 27.2 Å². The van der Waals surface area contributed by atoms with E-state index in [2.05, 4.69) is 0 Å². The Labute approximate surface area is 139 Å². The van der Waals surface area contributed by atoms with Gasteiger partial charge in [-0.3, -0.25) is 9.59 Å². The third-order valence-corrected chi connectivity index (χ3v) is 3.26. The highest BCUT2D eigenvalue weighted by atomic mass is 16.4. The number of aliphatic hydroxyl groups is 2. The molecule has 0 bridgehead atoms. The van der Waals surface area contributed by atoms with Gasteiger partial charge in [0.2, 0.25) is 11.6 Å². The topological polar surface area (TPSA) is 112 Å². The van der Waals surface area contributed by atoms with Crippen LogP contribution in [0, 0.1) is 0 Å². The number of aliphatic carboxylic acids is 1. The fraction of sp³-hybridized carbons (Fsp3) is 0.278. The van der Waals surface area contributed by atoms with E-state index < -0.39 is 23.6 Å². The van der Waals surface area contributed by atoms with E-state index in [9.17, 15) is 19.5 Å². The quantitative estimate of drug-likeness (QED) is 0.579. The summed E-state index contributed by atoms with van der Waals surface area (Å²) in [6.45, 7) is 5.00. The third kappa shape index (κ3) is 4.63. The number of rotatable bonds is 3. The minimum atomic E-state index is -1.23. The highest BCUT2D eigenvalue weighted by Gasteiger charge is 2.31. The molecule has 6 nitrogen and oxygen atoms in total. The highest BCUT2D eigenvalue weighted by Crippen LogP contribution is 2.29. The number of carbonyl (C=O) groups excluding carboxylic acids is 2. The fourth-order valence-corrected chi connectivity index (χ4v) is 1.91. The first-order valence-corrected chi connectivity index (χ1v) is 7.31. The average molecular weight is 332 g/mol. The number of allylic oxidation sites excluding steroid dienone is 3. The van der Waals surface area contributed by atoms with Crippen molar-refractivity contribution in [2.45, 2.75) is 33.3 Å². The lowest BCUT2D eigenvalue weighted by molar-refractivity contribution is -0.145. The predicted octanol–water partition coefficient (Wildman–Crippen LogP) is 2.53. The molecule has 0 aromatic heterocycles. The van der Waals surface area contributed by atoms with Crippen molar-refractivity contribution >= 4 is 23.3 Å². The minimum Gasteiger partial charge on any atom is -0.507 e. The molecule has 0 radical (unpaired) electrons. The van der Waals surface area contributed by atoms with Crippen molar-refractivity contribution < 1.29 is 29.7 Å². The number of carboxylic acid groups (broad SMARTS) is 1. The van der Waals surface area contributed by atoms with E-state index in [4.69, 9.17) is 10.2 Å². The summed E-state index contributed by atoms with van der Waals surface area (Å²) in [6.07, 6.45) is 0.877. The van der Waals surface area contributed by atoms with Crippen molar-refractivity contribution in [2.75, 3.05) is 0 Å². The average Bonchev–Trinajstić information content (AvgIpc) is 2.53. The molecule has 0 fully saturated rings. The van der Waals surface area contributed by atoms with Gasteiger partial charge in [-0.15, -0.1) is 0 Å². The van der Waals surface area contributed by atoms with Gasteiger partial charge in [-0.2, -0.15) is 0 Å². The molecule has 6 heteroatoms. The molecule has 2 rings (SSSR count). The minimum absolute atomic E-state index is 0.0762. The first-order valence-electron chi connectivity index (χ1n) is 7.31. The standard InChI is InChI=1S/C15H14O3.C3H6O3/c1-9(2)7-8-12-13(16)10-5-3-4-6-11(10)14(17)15(12)18;1-2(4)3(5)6/h3-7,16H,8H2,1-2H3;2,4H,1H3,(H,5,6). The van der Waals surface area contributed by atoms with Crippen LogP contribution in [-0.2, 0) is 9.59 Å². The molecular weight excluding hydrogens is 312 g/mol. The molecule has 0 amide bonds. The lowest BCUT2D eigenvalue weighted by Gasteiger charge is -2.16. The second-order valence-electron chi connectivity index (χ2n) is 5.53. The highest BCUT2D eigenvalue weighted by molar-refractivity contribution is 6.52. The summed E-state index contributed by atoms with van der Waals surface area (Å²) >= 11 is 0. The molecule has 0 spiro atoms. The first-order chi connectivity index (χ1) is 11.2. The monoisotopic (exact) mass is 332 g/mol. The summed E-state index contributed by atoms with van der Waals surface area (Å²) in [5.74, 6) is -2.41. The van der Waals surface area contributed by atoms with Crippen LogP contribution < -0.4 is 0 Å². The van der Waals surface area contributed by atoms with Crippen LogP contribution in [0.4, 0.5) is 0 Å². The third-order valence-electron chi connectivity index (χ3n) is 3.26. The molecule has 128 valence electrons. The molecule has 0 aliphatic heterocycles. The zero-order chi connectivity index (χ0) is 18.4. The van der Waals surface area contributed by atoms with Crippen molar-refractivity contribution in [2.24, 2.45) is 0 Å². The number of fused-ring (bicyclic) bond motifs is 1. The molecule has 0 heterocycles. The lowest BCUT2D eigenvalue weighted by atomic mass is 9.87. The van der Waals surface area contributed by atoms with Crippen LogP contribution in [0.1, 0.15) is 43.1 Å². The van der Waals surface area contributed by atoms with E-state index in [-0.39, 0.29) is 23.3 Å². The Hall–Kier alpha value is -2.73. The SMILES string of the molecule is CC(C)=CCC1=C(O)c2ccccc2C(=O)C1=O.CC(O)C(=O)O. The Kier molecular flexibility index (Phi) is 6.61. The Morgan fingerprint density at radius 3 is 2.08 bits per heavy atom. The van der Waals surface area contributed by atoms with Gasteiger partial charge in [0, 0.05) is 16.7 Å². The maximum atomic E-state index is 11.9. The first kappa shape index (κ1) is 19.3. The van der Waals surface area contributed by atoms with Crippen LogP contribution in [0.2, 0.25) is 0 Å². The fourth-order valence-electron chi connectivity index (χ4n) is 1.91. The summed E-state index contributed by atoms with van der Waals surface area (Å²) in [6, 6.07) is 6.62. The Morgan fingerprint density at radius 2 is 1.62 bits per heavy atom. The van der Waals surface area contributed by atoms with Crippen LogP contribution in [0.3, 0.4) is 0 Å². The van der Waals surface area contributed by atoms with Gasteiger partial charge in [0.1, 0.15) is 11.9 Å². The molecule has 1 aliphatic rings. The molecule has 0 saturated carbocycles. The van der Waals surface area contributed by atoms with E-state index in [1.807, 2.05) is 19.9 Å². The number of hydrogen-bond acceptors (Lipinski definition) is 5. The van der Waals surface area contributed by atoms with Crippen molar-refractivity contribution in [3.63, 3.8) is 0 Å². The number of carbonyl (C=O) groups is 3. The number of aliphatic hydroxyl groups excluding tert-OH is 2. The number of Topliss-reactive ketones (excluding diaryl/α,β-unsaturated/α-hetero) is 2. The smallest absolute Gasteiger partial charge is 0.332 e. The Balaban J connectivity index is 0.000000413. The summed E-state index contributed by atoms with van der Waals surface area (Å²) in [4.78, 5) is 33.3. The van der Waals surface area contributed by atoms with Gasteiger partial charge in [0.15, 0.2) is 0 Å². The number of carboxylic acids is 1. The number of hydrogen-bond donors (Lipinski definition) is 3. The number of benzene rings is 1. The maximum Gasteiger partial charge on any atom is 0.332 e. The van der Waals surface area contributed by atoms with Crippen LogP contribution in [0.5, 0.6) is 0 Å². The van der Waals surface area contributed by atoms with E-state index in [0.717, 1.165) is 5.57 Å². The van der Waals surface area contributed by atoms with Gasteiger partial charge in [-0.25, -0.2) is 4.79 Å². The van der Waals surface area contributed by atoms with Crippen LogP contribution in [0.15, 0.2) is 41.5 Å². The maximum absolute atomic E-state index is 11.9. The molecule has 3 N–H and O–H groups in total. The molecule has 1 atom stereocenters. The Morgan fingerprint density at radius 1 is 1.12 bits per heavy atom. The zero-order valence-electron chi connectivity index (χ0n) is 13.7. The second kappa shape index (κ2) is 8.21. The largest absolute Gasteiger partial charge is 0.507 e. The van der Waals surface area contributed by atoms with Crippen LogP contribution in [0.25, 0.3) is 5.76 Å². The van der Waals surface area contributed by atoms with Crippen molar-refractivity contribution in [1.29, 1.82) is 0 Å². The molecule has 1 unspecified atom stereocenters. The second-order valence-corrected chi connectivity index (χ2v) is 5.53. The van der Waals surface area contributed by atoms with Gasteiger partial charge < -0.3 is 15.3 Å². The van der Waals surface area contributed by atoms with Crippen LogP contribution >= 0.6 is 0 Å². The predicted molar refractivity (Wildman–Crippen MR) is 88.7 cm³/mol. The van der Waals surface area contributed by atoms with Crippen molar-refractivity contribution in [1.82, 2.24) is 0 Å². The number of ketones is 2.